The summed E-state index contributed by atoms with van der Waals surface area (Å²) in [5, 5.41) is 5.28. The average molecular weight is 387 g/mol. The lowest BCUT2D eigenvalue weighted by molar-refractivity contribution is 0.584. The Balaban J connectivity index is 2.14. The van der Waals surface area contributed by atoms with Crippen molar-refractivity contribution in [2.45, 2.75) is 29.2 Å². The van der Waals surface area contributed by atoms with E-state index in [0.29, 0.717) is 17.7 Å². The third-order valence-corrected chi connectivity index (χ3v) is 7.25. The Labute approximate surface area is 146 Å². The lowest BCUT2D eigenvalue weighted by Gasteiger charge is -2.25. The second-order valence-corrected chi connectivity index (χ2v) is 9.37. The predicted molar refractivity (Wildman–Crippen MR) is 92.1 cm³/mol. The molecule has 0 aliphatic carbocycles. The Hall–Kier alpha value is -1.61. The molecule has 0 spiro atoms. The van der Waals surface area contributed by atoms with E-state index >= 15 is 0 Å². The van der Waals surface area contributed by atoms with Gasteiger partial charge in [-0.3, -0.25) is 4.31 Å². The van der Waals surface area contributed by atoms with Gasteiger partial charge in [0, 0.05) is 6.04 Å². The van der Waals surface area contributed by atoms with E-state index in [1.54, 1.807) is 19.1 Å². The van der Waals surface area contributed by atoms with Gasteiger partial charge in [0.2, 0.25) is 10.0 Å². The fraction of sp³-hybridized carbons (Fsp3) is 0.200. The number of fused-ring (bicyclic) bond motifs is 1. The maximum Gasteiger partial charge on any atom is 0.266 e. The van der Waals surface area contributed by atoms with E-state index in [2.05, 4.69) is 0 Å². The third kappa shape index (κ3) is 2.79. The molecule has 0 saturated carbocycles. The summed E-state index contributed by atoms with van der Waals surface area (Å²) in [6.45, 7) is 1.75. The van der Waals surface area contributed by atoms with E-state index in [-0.39, 0.29) is 20.9 Å². The fourth-order valence-electron chi connectivity index (χ4n) is 2.88. The Bertz CT molecular complexity index is 1020. The molecule has 128 valence electrons. The molecule has 0 amide bonds. The highest BCUT2D eigenvalue weighted by Crippen LogP contribution is 2.39. The first-order valence-electron chi connectivity index (χ1n) is 7.07. The van der Waals surface area contributed by atoms with Gasteiger partial charge in [-0.2, -0.15) is 0 Å². The molecule has 1 atom stereocenters. The number of benzene rings is 2. The minimum Gasteiger partial charge on any atom is -0.263 e. The van der Waals surface area contributed by atoms with E-state index in [1.165, 1.54) is 34.6 Å². The zero-order chi connectivity index (χ0) is 17.7. The van der Waals surface area contributed by atoms with Crippen LogP contribution in [0.3, 0.4) is 0 Å². The van der Waals surface area contributed by atoms with Gasteiger partial charge in [0.25, 0.3) is 10.0 Å². The number of nitrogens with two attached hydrogens (primary N) is 1. The van der Waals surface area contributed by atoms with Gasteiger partial charge in [0.05, 0.1) is 15.6 Å². The van der Waals surface area contributed by atoms with E-state index < -0.39 is 20.0 Å². The molecule has 2 aromatic rings. The zero-order valence-corrected chi connectivity index (χ0v) is 15.1. The summed E-state index contributed by atoms with van der Waals surface area (Å²) in [6.07, 6.45) is 0.391. The van der Waals surface area contributed by atoms with Crippen LogP contribution in [0, 0.1) is 0 Å². The summed E-state index contributed by atoms with van der Waals surface area (Å²) in [7, 11) is -7.70. The van der Waals surface area contributed by atoms with Gasteiger partial charge in [-0.15, -0.1) is 0 Å². The van der Waals surface area contributed by atoms with E-state index in [4.69, 9.17) is 16.7 Å². The van der Waals surface area contributed by atoms with E-state index in [9.17, 15) is 16.8 Å². The van der Waals surface area contributed by atoms with Gasteiger partial charge in [-0.05, 0) is 49.2 Å². The Morgan fingerprint density at radius 3 is 2.42 bits per heavy atom. The molecule has 9 heteroatoms. The van der Waals surface area contributed by atoms with Crippen LogP contribution in [0.1, 0.15) is 12.5 Å². The first kappa shape index (κ1) is 17.2. The topological polar surface area (TPSA) is 97.5 Å². The Morgan fingerprint density at radius 2 is 1.79 bits per heavy atom. The normalized spacial score (nSPS) is 17.8. The molecule has 1 aliphatic heterocycles. The lowest BCUT2D eigenvalue weighted by atomic mass is 10.1. The molecule has 2 N–H and O–H groups in total. The Morgan fingerprint density at radius 1 is 1.12 bits per heavy atom. The molecular weight excluding hydrogens is 372 g/mol. The van der Waals surface area contributed by atoms with Crippen molar-refractivity contribution >= 4 is 37.3 Å². The first-order valence-corrected chi connectivity index (χ1v) is 10.4. The molecule has 1 heterocycles. The van der Waals surface area contributed by atoms with Crippen LogP contribution in [-0.4, -0.2) is 22.9 Å². The number of primary sulfonamides is 1. The first-order chi connectivity index (χ1) is 11.1. The van der Waals surface area contributed by atoms with Crippen LogP contribution in [-0.2, 0) is 26.5 Å². The van der Waals surface area contributed by atoms with E-state index in [0.717, 1.165) is 0 Å². The maximum absolute atomic E-state index is 13.0. The van der Waals surface area contributed by atoms with Crippen LogP contribution in [0.15, 0.2) is 52.3 Å². The van der Waals surface area contributed by atoms with Gasteiger partial charge in [0.1, 0.15) is 4.90 Å². The highest BCUT2D eigenvalue weighted by Gasteiger charge is 2.37. The van der Waals surface area contributed by atoms with Gasteiger partial charge in [-0.1, -0.05) is 23.7 Å². The quantitative estimate of drug-likeness (QED) is 0.873. The summed E-state index contributed by atoms with van der Waals surface area (Å²) >= 11 is 6.05. The van der Waals surface area contributed by atoms with Crippen LogP contribution in [0.25, 0.3) is 0 Å². The lowest BCUT2D eigenvalue weighted by Crippen LogP contribution is -2.35. The molecule has 0 radical (unpaired) electrons. The van der Waals surface area contributed by atoms with Crippen molar-refractivity contribution in [1.82, 2.24) is 0 Å². The van der Waals surface area contributed by atoms with Crippen LogP contribution < -0.4 is 9.44 Å². The number of anilines is 1. The summed E-state index contributed by atoms with van der Waals surface area (Å²) in [6, 6.07) is 10.0. The molecule has 1 unspecified atom stereocenters. The average Bonchev–Trinajstić information content (AvgIpc) is 2.82. The third-order valence-electron chi connectivity index (χ3n) is 3.91. The highest BCUT2D eigenvalue weighted by atomic mass is 35.5. The number of hydrogen-bond acceptors (Lipinski definition) is 4. The van der Waals surface area contributed by atoms with Crippen LogP contribution in [0.2, 0.25) is 5.02 Å². The molecule has 0 aromatic heterocycles. The van der Waals surface area contributed by atoms with Crippen molar-refractivity contribution < 1.29 is 16.8 Å². The second kappa shape index (κ2) is 5.73. The number of nitrogens with zero attached hydrogens (tertiary/aromatic N) is 1. The largest absolute Gasteiger partial charge is 0.266 e. The van der Waals surface area contributed by atoms with Crippen LogP contribution in [0.5, 0.6) is 0 Å². The predicted octanol–water partition coefficient (Wildman–Crippen LogP) is 2.13. The summed E-state index contributed by atoms with van der Waals surface area (Å²) in [4.78, 5) is -0.0210. The van der Waals surface area contributed by atoms with Crippen LogP contribution >= 0.6 is 11.6 Å². The fourth-order valence-corrected chi connectivity index (χ4v) is 5.64. The van der Waals surface area contributed by atoms with Crippen molar-refractivity contribution in [1.29, 1.82) is 0 Å². The van der Waals surface area contributed by atoms with Gasteiger partial charge >= 0.3 is 0 Å². The Kier molecular flexibility index (Phi) is 4.11. The summed E-state index contributed by atoms with van der Waals surface area (Å²) in [5.41, 5.74) is 1.06. The molecule has 1 aliphatic rings. The number of halogens is 1. The van der Waals surface area contributed by atoms with Crippen molar-refractivity contribution in [2.24, 2.45) is 5.14 Å². The smallest absolute Gasteiger partial charge is 0.263 e. The monoisotopic (exact) mass is 386 g/mol. The van der Waals surface area contributed by atoms with Crippen molar-refractivity contribution in [2.75, 3.05) is 4.31 Å². The van der Waals surface area contributed by atoms with Gasteiger partial charge < -0.3 is 0 Å². The number of sulfonamides is 2. The van der Waals surface area contributed by atoms with Crippen LogP contribution in [0.4, 0.5) is 5.69 Å². The molecule has 24 heavy (non-hydrogen) atoms. The van der Waals surface area contributed by atoms with Crippen molar-refractivity contribution in [3.05, 3.63) is 53.1 Å². The highest BCUT2D eigenvalue weighted by molar-refractivity contribution is 7.93. The minimum absolute atomic E-state index is 0.0156. The molecular formula is C15H15ClN2O4S2. The second-order valence-electron chi connectivity index (χ2n) is 5.62. The minimum atomic E-state index is -3.86. The van der Waals surface area contributed by atoms with Crippen molar-refractivity contribution in [3.8, 4) is 0 Å². The number of rotatable bonds is 3. The van der Waals surface area contributed by atoms with Crippen molar-refractivity contribution in [3.63, 3.8) is 0 Å². The van der Waals surface area contributed by atoms with E-state index in [1.807, 2.05) is 0 Å². The standard InChI is InChI=1S/C15H15ClN2O4S2/c1-10-8-11-9-12(23(17,19)20)6-7-14(11)18(10)24(21,22)15-5-3-2-4-13(15)16/h2-7,9-10H,8H2,1H3,(H2,17,19,20). The summed E-state index contributed by atoms with van der Waals surface area (Å²) in [5.74, 6) is 0. The molecule has 0 saturated heterocycles. The SMILES string of the molecule is CC1Cc2cc(S(N)(=O)=O)ccc2N1S(=O)(=O)c1ccccc1Cl. The van der Waals surface area contributed by atoms with Gasteiger partial charge in [0.15, 0.2) is 0 Å². The zero-order valence-electron chi connectivity index (χ0n) is 12.7. The molecule has 3 rings (SSSR count). The molecule has 0 fully saturated rings. The maximum atomic E-state index is 13.0. The molecule has 0 bridgehead atoms. The summed E-state index contributed by atoms with van der Waals surface area (Å²) < 4.78 is 50.3. The number of hydrogen-bond donors (Lipinski definition) is 1. The molecule has 6 nitrogen and oxygen atoms in total. The molecule has 2 aromatic carbocycles. The van der Waals surface area contributed by atoms with Gasteiger partial charge in [-0.25, -0.2) is 22.0 Å².